The number of azide groups is 1. The molecule has 4 heteroatoms. The highest BCUT2D eigenvalue weighted by molar-refractivity contribution is 5.93. The van der Waals surface area contributed by atoms with Gasteiger partial charge >= 0.3 is 0 Å². The molecular formula is C13H15N3O. The second-order valence-electron chi connectivity index (χ2n) is 3.68. The van der Waals surface area contributed by atoms with Gasteiger partial charge < -0.3 is 0 Å². The zero-order chi connectivity index (χ0) is 12.5. The van der Waals surface area contributed by atoms with E-state index in [1.54, 1.807) is 24.3 Å². The Morgan fingerprint density at radius 1 is 1.41 bits per heavy atom. The molecule has 1 aromatic rings. The van der Waals surface area contributed by atoms with Crippen molar-refractivity contribution in [3.63, 3.8) is 0 Å². The Labute approximate surface area is 101 Å². The molecule has 4 nitrogen and oxygen atoms in total. The standard InChI is InChI=1S/C13H15N3O/c1-2-3-4-13(17)10-7-11-5-8-12(9-6-11)15-16-14/h5-10H,2-4H2,1H3. The normalized spacial score (nSPS) is 10.2. The van der Waals surface area contributed by atoms with Crippen LogP contribution in [0.2, 0.25) is 0 Å². The number of unbranched alkanes of at least 4 members (excludes halogenated alkanes) is 1. The summed E-state index contributed by atoms with van der Waals surface area (Å²) >= 11 is 0. The van der Waals surface area contributed by atoms with Crippen LogP contribution in [-0.2, 0) is 4.79 Å². The number of nitrogens with zero attached hydrogens (tertiary/aromatic N) is 3. The maximum absolute atomic E-state index is 11.4. The molecule has 0 unspecified atom stereocenters. The zero-order valence-electron chi connectivity index (χ0n) is 9.84. The summed E-state index contributed by atoms with van der Waals surface area (Å²) in [6.07, 6.45) is 5.93. The molecule has 0 N–H and O–H groups in total. The van der Waals surface area contributed by atoms with Gasteiger partial charge in [0.05, 0.1) is 0 Å². The molecule has 0 bridgehead atoms. The molecule has 0 aromatic heterocycles. The number of rotatable bonds is 6. The average molecular weight is 229 g/mol. The van der Waals surface area contributed by atoms with Gasteiger partial charge in [0.2, 0.25) is 0 Å². The Kier molecular flexibility index (Phi) is 5.55. The topological polar surface area (TPSA) is 65.8 Å². The molecule has 0 saturated carbocycles. The van der Waals surface area contributed by atoms with E-state index in [9.17, 15) is 4.79 Å². The molecule has 0 radical (unpaired) electrons. The summed E-state index contributed by atoms with van der Waals surface area (Å²) < 4.78 is 0. The van der Waals surface area contributed by atoms with Gasteiger partial charge in [0.15, 0.2) is 5.78 Å². The van der Waals surface area contributed by atoms with Gasteiger partial charge in [-0.05, 0) is 23.6 Å². The molecule has 0 spiro atoms. The van der Waals surface area contributed by atoms with Gasteiger partial charge in [-0.1, -0.05) is 48.8 Å². The van der Waals surface area contributed by atoms with E-state index in [1.165, 1.54) is 0 Å². The van der Waals surface area contributed by atoms with Crippen molar-refractivity contribution in [1.82, 2.24) is 0 Å². The van der Waals surface area contributed by atoms with Crippen molar-refractivity contribution in [2.45, 2.75) is 26.2 Å². The van der Waals surface area contributed by atoms with Crippen molar-refractivity contribution >= 4 is 17.5 Å². The molecule has 0 aliphatic heterocycles. The molecule has 88 valence electrons. The maximum Gasteiger partial charge on any atom is 0.155 e. The molecule has 0 atom stereocenters. The lowest BCUT2D eigenvalue weighted by molar-refractivity contribution is -0.114. The summed E-state index contributed by atoms with van der Waals surface area (Å²) in [5, 5.41) is 3.47. The van der Waals surface area contributed by atoms with Gasteiger partial charge in [-0.25, -0.2) is 0 Å². The third kappa shape index (κ3) is 5.00. The van der Waals surface area contributed by atoms with Gasteiger partial charge in [0, 0.05) is 17.0 Å². The summed E-state index contributed by atoms with van der Waals surface area (Å²) in [6.45, 7) is 2.06. The lowest BCUT2D eigenvalue weighted by Gasteiger charge is -1.95. The first kappa shape index (κ1) is 13.0. The lowest BCUT2D eigenvalue weighted by atomic mass is 10.1. The molecule has 0 aliphatic rings. The molecule has 1 rings (SSSR count). The number of allylic oxidation sites excluding steroid dienone is 1. The van der Waals surface area contributed by atoms with Crippen LogP contribution in [0.5, 0.6) is 0 Å². The van der Waals surface area contributed by atoms with E-state index in [2.05, 4.69) is 16.9 Å². The van der Waals surface area contributed by atoms with Crippen molar-refractivity contribution in [1.29, 1.82) is 0 Å². The van der Waals surface area contributed by atoms with Crippen molar-refractivity contribution in [2.24, 2.45) is 5.11 Å². The summed E-state index contributed by atoms with van der Waals surface area (Å²) in [4.78, 5) is 14.1. The van der Waals surface area contributed by atoms with E-state index >= 15 is 0 Å². The molecule has 0 heterocycles. The van der Waals surface area contributed by atoms with Crippen molar-refractivity contribution in [2.75, 3.05) is 0 Å². The maximum atomic E-state index is 11.4. The fourth-order valence-electron chi connectivity index (χ4n) is 1.33. The summed E-state index contributed by atoms with van der Waals surface area (Å²) in [5.74, 6) is 0.144. The Bertz CT molecular complexity index is 442. The fourth-order valence-corrected chi connectivity index (χ4v) is 1.33. The summed E-state index contributed by atoms with van der Waals surface area (Å²) in [6, 6.07) is 7.06. The number of ketones is 1. The van der Waals surface area contributed by atoms with Crippen LogP contribution in [0, 0.1) is 0 Å². The number of hydrogen-bond donors (Lipinski definition) is 0. The van der Waals surface area contributed by atoms with Crippen LogP contribution in [0.1, 0.15) is 31.7 Å². The van der Waals surface area contributed by atoms with Crippen LogP contribution in [-0.4, -0.2) is 5.78 Å². The number of benzene rings is 1. The predicted octanol–water partition coefficient (Wildman–Crippen LogP) is 4.40. The van der Waals surface area contributed by atoms with Crippen LogP contribution in [0.15, 0.2) is 35.5 Å². The number of carbonyl (C=O) groups excluding carboxylic acids is 1. The monoisotopic (exact) mass is 229 g/mol. The molecule has 0 amide bonds. The first-order chi connectivity index (χ1) is 8.26. The van der Waals surface area contributed by atoms with Crippen LogP contribution in [0.3, 0.4) is 0 Å². The second-order valence-corrected chi connectivity index (χ2v) is 3.68. The summed E-state index contributed by atoms with van der Waals surface area (Å²) in [7, 11) is 0. The minimum absolute atomic E-state index is 0.144. The van der Waals surface area contributed by atoms with Crippen LogP contribution in [0.25, 0.3) is 16.5 Å². The molecule has 0 saturated heterocycles. The highest BCUT2D eigenvalue weighted by Crippen LogP contribution is 2.14. The predicted molar refractivity (Wildman–Crippen MR) is 68.8 cm³/mol. The quantitative estimate of drug-likeness (QED) is 0.308. The molecular weight excluding hydrogens is 214 g/mol. The van der Waals surface area contributed by atoms with Gasteiger partial charge in [0.25, 0.3) is 0 Å². The lowest BCUT2D eigenvalue weighted by Crippen LogP contribution is -1.90. The minimum atomic E-state index is 0.144. The Morgan fingerprint density at radius 3 is 2.71 bits per heavy atom. The van der Waals surface area contributed by atoms with E-state index < -0.39 is 0 Å². The Balaban J connectivity index is 2.59. The van der Waals surface area contributed by atoms with Crippen molar-refractivity contribution in [3.8, 4) is 0 Å². The SMILES string of the molecule is CCCCC(=O)C=Cc1ccc(N=[N+]=[N-])cc1. The van der Waals surface area contributed by atoms with Gasteiger partial charge in [0.1, 0.15) is 0 Å². The second kappa shape index (κ2) is 7.25. The van der Waals surface area contributed by atoms with Crippen molar-refractivity contribution in [3.05, 3.63) is 46.3 Å². The Morgan fingerprint density at radius 2 is 2.12 bits per heavy atom. The molecule has 1 aromatic carbocycles. The van der Waals surface area contributed by atoms with Gasteiger partial charge in [-0.2, -0.15) is 0 Å². The van der Waals surface area contributed by atoms with Crippen molar-refractivity contribution < 1.29 is 4.79 Å². The van der Waals surface area contributed by atoms with E-state index in [-0.39, 0.29) is 5.78 Å². The van der Waals surface area contributed by atoms with Crippen LogP contribution < -0.4 is 0 Å². The minimum Gasteiger partial charge on any atom is -0.295 e. The third-order valence-corrected chi connectivity index (χ3v) is 2.29. The first-order valence-electron chi connectivity index (χ1n) is 5.62. The largest absolute Gasteiger partial charge is 0.295 e. The Hall–Kier alpha value is -2.06. The van der Waals surface area contributed by atoms with Crippen LogP contribution >= 0.6 is 0 Å². The van der Waals surface area contributed by atoms with E-state index in [4.69, 9.17) is 5.53 Å². The average Bonchev–Trinajstić information content (AvgIpc) is 2.36. The molecule has 0 fully saturated rings. The number of hydrogen-bond acceptors (Lipinski definition) is 2. The van der Waals surface area contributed by atoms with Crippen LogP contribution in [0.4, 0.5) is 5.69 Å². The first-order valence-corrected chi connectivity index (χ1v) is 5.62. The summed E-state index contributed by atoms with van der Waals surface area (Å²) in [5.41, 5.74) is 9.74. The number of carbonyl (C=O) groups is 1. The van der Waals surface area contributed by atoms with Gasteiger partial charge in [-0.3, -0.25) is 4.79 Å². The molecule has 17 heavy (non-hydrogen) atoms. The highest BCUT2D eigenvalue weighted by atomic mass is 16.1. The smallest absolute Gasteiger partial charge is 0.155 e. The zero-order valence-corrected chi connectivity index (χ0v) is 9.84. The van der Waals surface area contributed by atoms with E-state index in [1.807, 2.05) is 12.1 Å². The third-order valence-electron chi connectivity index (χ3n) is 2.29. The highest BCUT2D eigenvalue weighted by Gasteiger charge is 1.95. The fraction of sp³-hybridized carbons (Fsp3) is 0.308. The van der Waals surface area contributed by atoms with E-state index in [0.29, 0.717) is 12.1 Å². The molecule has 0 aliphatic carbocycles. The van der Waals surface area contributed by atoms with Gasteiger partial charge in [-0.15, -0.1) is 0 Å². The van der Waals surface area contributed by atoms with E-state index in [0.717, 1.165) is 18.4 Å².